The number of fused-ring (bicyclic) bond motifs is 1. The Balaban J connectivity index is 2.73. The summed E-state index contributed by atoms with van der Waals surface area (Å²) in [6, 6.07) is 4.14. The minimum atomic E-state index is -1.02. The van der Waals surface area contributed by atoms with Crippen LogP contribution in [0.5, 0.6) is 0 Å². The maximum Gasteiger partial charge on any atom is 0.335 e. The first-order valence-electron chi connectivity index (χ1n) is 6.46. The lowest BCUT2D eigenvalue weighted by atomic mass is 10.1. The normalized spacial score (nSPS) is 11.7. The molecular weight excluding hydrogens is 260 g/mol. The number of aliphatic hydroxyl groups is 2. The van der Waals surface area contributed by atoms with Gasteiger partial charge in [-0.05, 0) is 18.2 Å². The van der Waals surface area contributed by atoms with E-state index in [1.54, 1.807) is 10.6 Å². The maximum absolute atomic E-state index is 11.1. The van der Waals surface area contributed by atoms with Gasteiger partial charge in [0.15, 0.2) is 0 Å². The van der Waals surface area contributed by atoms with Crippen molar-refractivity contribution in [1.82, 2.24) is 9.55 Å². The van der Waals surface area contributed by atoms with Crippen molar-refractivity contribution in [3.8, 4) is 0 Å². The third-order valence-electron chi connectivity index (χ3n) is 3.27. The Bertz CT molecular complexity index is 629. The van der Waals surface area contributed by atoms with Crippen LogP contribution in [-0.4, -0.2) is 44.1 Å². The number of benzene rings is 1. The molecule has 1 aromatic carbocycles. The highest BCUT2D eigenvalue weighted by molar-refractivity contribution is 5.92. The largest absolute Gasteiger partial charge is 0.478 e. The lowest BCUT2D eigenvalue weighted by Gasteiger charge is -2.19. The van der Waals surface area contributed by atoms with Crippen molar-refractivity contribution in [2.24, 2.45) is 0 Å². The summed E-state index contributed by atoms with van der Waals surface area (Å²) in [5.74, 6) is -0.206. The van der Waals surface area contributed by atoms with E-state index < -0.39 is 12.0 Å². The van der Waals surface area contributed by atoms with Crippen LogP contribution in [0.15, 0.2) is 18.2 Å². The molecule has 0 aliphatic rings. The first-order valence-corrected chi connectivity index (χ1v) is 6.46. The molecule has 0 saturated carbocycles. The zero-order valence-corrected chi connectivity index (χ0v) is 11.4. The van der Waals surface area contributed by atoms with Gasteiger partial charge in [-0.25, -0.2) is 9.78 Å². The van der Waals surface area contributed by atoms with Crippen LogP contribution in [0.25, 0.3) is 11.0 Å². The van der Waals surface area contributed by atoms with Gasteiger partial charge in [-0.3, -0.25) is 0 Å². The van der Waals surface area contributed by atoms with E-state index >= 15 is 0 Å². The number of carbonyl (C=O) groups is 1. The Kier molecular flexibility index (Phi) is 4.06. The molecule has 0 spiro atoms. The SMILES string of the molecule is CC(C)c1nc2ccc(C(=O)O)cc2n1C(CO)CO. The van der Waals surface area contributed by atoms with Crippen molar-refractivity contribution in [2.45, 2.75) is 25.8 Å². The summed E-state index contributed by atoms with van der Waals surface area (Å²) < 4.78 is 1.73. The number of hydrogen-bond donors (Lipinski definition) is 3. The number of carboxylic acids is 1. The second-order valence-electron chi connectivity index (χ2n) is 5.02. The van der Waals surface area contributed by atoms with Gasteiger partial charge in [0.05, 0.1) is 35.9 Å². The van der Waals surface area contributed by atoms with Crippen molar-refractivity contribution in [3.05, 3.63) is 29.6 Å². The highest BCUT2D eigenvalue weighted by Gasteiger charge is 2.20. The topological polar surface area (TPSA) is 95.6 Å². The molecule has 0 aliphatic carbocycles. The molecule has 0 radical (unpaired) electrons. The van der Waals surface area contributed by atoms with Gasteiger partial charge in [0.25, 0.3) is 0 Å². The molecule has 2 rings (SSSR count). The second kappa shape index (κ2) is 5.60. The quantitative estimate of drug-likeness (QED) is 0.768. The van der Waals surface area contributed by atoms with E-state index in [0.717, 1.165) is 5.82 Å². The van der Waals surface area contributed by atoms with Crippen LogP contribution in [0.4, 0.5) is 0 Å². The number of aromatic nitrogens is 2. The lowest BCUT2D eigenvalue weighted by Crippen LogP contribution is -2.20. The summed E-state index contributed by atoms with van der Waals surface area (Å²) in [5.41, 5.74) is 1.43. The summed E-state index contributed by atoms with van der Waals surface area (Å²) in [4.78, 5) is 15.6. The molecule has 0 fully saturated rings. The standard InChI is InChI=1S/C14H18N2O4/c1-8(2)13-15-11-4-3-9(14(19)20)5-12(11)16(13)10(6-17)7-18/h3-5,8,10,17-18H,6-7H2,1-2H3,(H,19,20). The Morgan fingerprint density at radius 1 is 1.30 bits per heavy atom. The number of aliphatic hydroxyl groups excluding tert-OH is 2. The zero-order chi connectivity index (χ0) is 14.9. The van der Waals surface area contributed by atoms with Crippen LogP contribution < -0.4 is 0 Å². The Labute approximate surface area is 116 Å². The van der Waals surface area contributed by atoms with Crippen LogP contribution >= 0.6 is 0 Å². The van der Waals surface area contributed by atoms with Crippen molar-refractivity contribution in [1.29, 1.82) is 0 Å². The van der Waals surface area contributed by atoms with Gasteiger partial charge in [0.2, 0.25) is 0 Å². The summed E-state index contributed by atoms with van der Waals surface area (Å²) in [6.45, 7) is 3.45. The number of carboxylic acid groups (broad SMARTS) is 1. The van der Waals surface area contributed by atoms with E-state index in [1.807, 2.05) is 13.8 Å². The molecule has 108 valence electrons. The molecule has 6 heteroatoms. The molecule has 20 heavy (non-hydrogen) atoms. The van der Waals surface area contributed by atoms with Crippen LogP contribution in [0.2, 0.25) is 0 Å². The number of imidazole rings is 1. The Hall–Kier alpha value is -1.92. The molecule has 3 N–H and O–H groups in total. The number of nitrogens with zero attached hydrogens (tertiary/aromatic N) is 2. The van der Waals surface area contributed by atoms with Gasteiger partial charge < -0.3 is 19.9 Å². The number of hydrogen-bond acceptors (Lipinski definition) is 4. The second-order valence-corrected chi connectivity index (χ2v) is 5.02. The van der Waals surface area contributed by atoms with Gasteiger partial charge in [0, 0.05) is 5.92 Å². The molecule has 2 aromatic rings. The number of aromatic carboxylic acids is 1. The average molecular weight is 278 g/mol. The van der Waals surface area contributed by atoms with E-state index in [2.05, 4.69) is 4.98 Å². The monoisotopic (exact) mass is 278 g/mol. The minimum absolute atomic E-state index is 0.0938. The molecule has 0 atom stereocenters. The molecule has 1 heterocycles. The Morgan fingerprint density at radius 3 is 2.45 bits per heavy atom. The van der Waals surface area contributed by atoms with Gasteiger partial charge in [-0.2, -0.15) is 0 Å². The van der Waals surface area contributed by atoms with Gasteiger partial charge >= 0.3 is 5.97 Å². The summed E-state index contributed by atoms with van der Waals surface area (Å²) in [6.07, 6.45) is 0. The Morgan fingerprint density at radius 2 is 1.95 bits per heavy atom. The predicted molar refractivity (Wildman–Crippen MR) is 74.0 cm³/mol. The van der Waals surface area contributed by atoms with Crippen LogP contribution in [-0.2, 0) is 0 Å². The first-order chi connectivity index (χ1) is 9.49. The molecule has 0 amide bonds. The highest BCUT2D eigenvalue weighted by atomic mass is 16.4. The molecular formula is C14H18N2O4. The predicted octanol–water partition coefficient (Wildman–Crippen LogP) is 1.38. The zero-order valence-electron chi connectivity index (χ0n) is 11.4. The van der Waals surface area contributed by atoms with Crippen molar-refractivity contribution >= 4 is 17.0 Å². The first kappa shape index (κ1) is 14.5. The van der Waals surface area contributed by atoms with Gasteiger partial charge in [0.1, 0.15) is 5.82 Å². The minimum Gasteiger partial charge on any atom is -0.478 e. The van der Waals surface area contributed by atoms with Gasteiger partial charge in [-0.1, -0.05) is 13.8 Å². The fourth-order valence-corrected chi connectivity index (χ4v) is 2.26. The number of rotatable bonds is 5. The van der Waals surface area contributed by atoms with E-state index in [-0.39, 0.29) is 24.7 Å². The molecule has 1 aromatic heterocycles. The fourth-order valence-electron chi connectivity index (χ4n) is 2.26. The molecule has 0 aliphatic heterocycles. The van der Waals surface area contributed by atoms with Crippen LogP contribution in [0, 0.1) is 0 Å². The third-order valence-corrected chi connectivity index (χ3v) is 3.27. The average Bonchev–Trinajstić information content (AvgIpc) is 2.79. The van der Waals surface area contributed by atoms with Crippen molar-refractivity contribution in [3.63, 3.8) is 0 Å². The van der Waals surface area contributed by atoms with E-state index in [0.29, 0.717) is 11.0 Å². The smallest absolute Gasteiger partial charge is 0.335 e. The molecule has 0 bridgehead atoms. The maximum atomic E-state index is 11.1. The van der Waals surface area contributed by atoms with Gasteiger partial charge in [-0.15, -0.1) is 0 Å². The molecule has 6 nitrogen and oxygen atoms in total. The van der Waals surface area contributed by atoms with E-state index in [9.17, 15) is 15.0 Å². The summed E-state index contributed by atoms with van der Waals surface area (Å²) in [7, 11) is 0. The lowest BCUT2D eigenvalue weighted by molar-refractivity contribution is 0.0697. The fraction of sp³-hybridized carbons (Fsp3) is 0.429. The van der Waals surface area contributed by atoms with Crippen LogP contribution in [0.3, 0.4) is 0 Å². The molecule has 0 saturated heterocycles. The van der Waals surface area contributed by atoms with Crippen molar-refractivity contribution in [2.75, 3.05) is 13.2 Å². The third kappa shape index (κ3) is 2.39. The van der Waals surface area contributed by atoms with Crippen LogP contribution in [0.1, 0.15) is 42.0 Å². The van der Waals surface area contributed by atoms with Crippen molar-refractivity contribution < 1.29 is 20.1 Å². The van der Waals surface area contributed by atoms with E-state index in [1.165, 1.54) is 12.1 Å². The highest BCUT2D eigenvalue weighted by Crippen LogP contribution is 2.26. The summed E-state index contributed by atoms with van der Waals surface area (Å²) >= 11 is 0. The van der Waals surface area contributed by atoms with E-state index in [4.69, 9.17) is 5.11 Å². The molecule has 0 unspecified atom stereocenters. The summed E-state index contributed by atoms with van der Waals surface area (Å²) in [5, 5.41) is 27.9.